The van der Waals surface area contributed by atoms with Crippen molar-refractivity contribution in [2.75, 3.05) is 16.4 Å². The molecule has 0 saturated carbocycles. The first kappa shape index (κ1) is 31.5. The van der Waals surface area contributed by atoms with Gasteiger partial charge in [-0.1, -0.05) is 76.6 Å². The largest absolute Gasteiger partial charge is 0.490 e. The molecule has 5 aromatic carbocycles. The Balaban J connectivity index is 1.45. The second-order valence-corrected chi connectivity index (χ2v) is 12.7. The molecular weight excluding hydrogens is 759 g/mol. The molecule has 0 N–H and O–H groups in total. The van der Waals surface area contributed by atoms with Gasteiger partial charge in [0.2, 0.25) is 0 Å². The van der Waals surface area contributed by atoms with Gasteiger partial charge in [0.15, 0.2) is 11.5 Å². The van der Waals surface area contributed by atoms with Crippen LogP contribution in [0.15, 0.2) is 113 Å². The number of hydrogen-bond acceptors (Lipinski definition) is 5. The van der Waals surface area contributed by atoms with Gasteiger partial charge in [-0.3, -0.25) is 9.59 Å². The molecule has 0 spiro atoms. The molecule has 230 valence electrons. The summed E-state index contributed by atoms with van der Waals surface area (Å²) >= 11 is 5.61. The molecule has 46 heavy (non-hydrogen) atoms. The molecule has 0 radical (unpaired) electrons. The van der Waals surface area contributed by atoms with E-state index in [2.05, 4.69) is 38.5 Å². The smallest absolute Gasteiger partial charge is 0.343 e. The molecule has 6 rings (SSSR count). The van der Waals surface area contributed by atoms with Gasteiger partial charge in [-0.2, -0.15) is 0 Å². The second kappa shape index (κ2) is 13.5. The molecular formula is C37H28BrIN2O5. The Labute approximate surface area is 288 Å². The van der Waals surface area contributed by atoms with Gasteiger partial charge in [0.25, 0.3) is 11.8 Å². The minimum absolute atomic E-state index is 0.157. The fourth-order valence-electron chi connectivity index (χ4n) is 5.32. The fourth-order valence-corrected chi connectivity index (χ4v) is 6.36. The molecule has 1 fully saturated rings. The number of aryl methyl sites for hydroxylation is 1. The minimum Gasteiger partial charge on any atom is -0.490 e. The van der Waals surface area contributed by atoms with Crippen LogP contribution in [0.25, 0.3) is 16.8 Å². The topological polar surface area (TPSA) is 76.2 Å². The maximum absolute atomic E-state index is 14.2. The van der Waals surface area contributed by atoms with Gasteiger partial charge in [-0.05, 0) is 107 Å². The van der Waals surface area contributed by atoms with E-state index in [0.717, 1.165) is 34.4 Å². The summed E-state index contributed by atoms with van der Waals surface area (Å²) < 4.78 is 13.9. The number of amides is 4. The zero-order valence-corrected chi connectivity index (χ0v) is 28.7. The first-order valence-corrected chi connectivity index (χ1v) is 16.4. The number of hydrogen-bond donors (Lipinski definition) is 0. The van der Waals surface area contributed by atoms with Crippen molar-refractivity contribution >= 4 is 84.6 Å². The molecule has 5 aromatic rings. The van der Waals surface area contributed by atoms with Crippen LogP contribution in [0.4, 0.5) is 16.2 Å². The molecule has 1 aliphatic rings. The van der Waals surface area contributed by atoms with Gasteiger partial charge >= 0.3 is 6.03 Å². The summed E-state index contributed by atoms with van der Waals surface area (Å²) in [5.74, 6) is -0.381. The number of nitrogens with zero attached hydrogens (tertiary/aromatic N) is 2. The van der Waals surface area contributed by atoms with E-state index >= 15 is 0 Å². The van der Waals surface area contributed by atoms with E-state index < -0.39 is 17.8 Å². The summed E-state index contributed by atoms with van der Waals surface area (Å²) in [4.78, 5) is 44.5. The average Bonchev–Trinajstić information content (AvgIpc) is 3.04. The molecule has 0 aliphatic carbocycles. The van der Waals surface area contributed by atoms with Gasteiger partial charge in [-0.25, -0.2) is 14.6 Å². The zero-order valence-electron chi connectivity index (χ0n) is 25.0. The fraction of sp³-hybridized carbons (Fsp3) is 0.108. The van der Waals surface area contributed by atoms with Crippen molar-refractivity contribution in [3.63, 3.8) is 0 Å². The predicted octanol–water partition coefficient (Wildman–Crippen LogP) is 9.08. The molecule has 0 unspecified atom stereocenters. The van der Waals surface area contributed by atoms with Crippen molar-refractivity contribution in [1.29, 1.82) is 0 Å². The number of carbonyl (C=O) groups is 3. The summed E-state index contributed by atoms with van der Waals surface area (Å²) in [7, 11) is 0. The maximum Gasteiger partial charge on any atom is 0.343 e. The van der Waals surface area contributed by atoms with Gasteiger partial charge in [0.1, 0.15) is 12.2 Å². The van der Waals surface area contributed by atoms with Crippen molar-refractivity contribution in [1.82, 2.24) is 0 Å². The third-order valence-corrected chi connectivity index (χ3v) is 8.79. The van der Waals surface area contributed by atoms with Crippen LogP contribution >= 0.6 is 38.5 Å². The van der Waals surface area contributed by atoms with E-state index in [1.54, 1.807) is 36.4 Å². The Morgan fingerprint density at radius 3 is 2.28 bits per heavy atom. The van der Waals surface area contributed by atoms with E-state index in [-0.39, 0.29) is 5.57 Å². The number of carbonyl (C=O) groups excluding carboxylic acids is 3. The lowest BCUT2D eigenvalue weighted by Gasteiger charge is -2.34. The summed E-state index contributed by atoms with van der Waals surface area (Å²) in [5, 5.41) is 1.57. The lowest BCUT2D eigenvalue weighted by molar-refractivity contribution is -0.121. The molecule has 1 heterocycles. The number of barbiturate groups is 1. The highest BCUT2D eigenvalue weighted by Gasteiger charge is 2.44. The Hall–Kier alpha value is -4.48. The summed E-state index contributed by atoms with van der Waals surface area (Å²) in [6.07, 6.45) is 1.52. The minimum atomic E-state index is -0.740. The van der Waals surface area contributed by atoms with Gasteiger partial charge in [0, 0.05) is 9.86 Å². The molecule has 0 bridgehead atoms. The summed E-state index contributed by atoms with van der Waals surface area (Å²) in [6.45, 7) is 4.46. The number of halogens is 2. The molecule has 1 saturated heterocycles. The normalized spacial score (nSPS) is 14.3. The summed E-state index contributed by atoms with van der Waals surface area (Å²) in [6, 6.07) is 30.7. The van der Waals surface area contributed by atoms with Crippen LogP contribution in [-0.4, -0.2) is 24.5 Å². The third kappa shape index (κ3) is 6.29. The zero-order chi connectivity index (χ0) is 32.4. The van der Waals surface area contributed by atoms with Crippen molar-refractivity contribution in [3.05, 3.63) is 133 Å². The molecule has 9 heteroatoms. The van der Waals surface area contributed by atoms with Gasteiger partial charge < -0.3 is 9.47 Å². The maximum atomic E-state index is 14.2. The van der Waals surface area contributed by atoms with E-state index in [9.17, 15) is 14.4 Å². The van der Waals surface area contributed by atoms with E-state index in [1.165, 1.54) is 6.08 Å². The Morgan fingerprint density at radius 2 is 1.52 bits per heavy atom. The molecule has 1 aliphatic heterocycles. The number of benzene rings is 5. The third-order valence-electron chi connectivity index (χ3n) is 7.46. The molecule has 4 amide bonds. The standard InChI is InChI=1S/C37H28BrIN2O5/c1-3-45-33-21-25(20-31(39)34(33)46-22-24-14-16-27(38)17-15-24)19-30-35(42)40(28-11-6-8-23(2)18-28)37(44)41(36(30)43)32-13-7-10-26-9-4-5-12-29(26)32/h4-21H,3,22H2,1-2H3/b30-19+. The summed E-state index contributed by atoms with van der Waals surface area (Å²) in [5.41, 5.74) is 3.02. The van der Waals surface area contributed by atoms with Crippen LogP contribution < -0.4 is 19.3 Å². The first-order valence-electron chi connectivity index (χ1n) is 14.6. The predicted molar refractivity (Wildman–Crippen MR) is 192 cm³/mol. The van der Waals surface area contributed by atoms with Gasteiger partial charge in [-0.15, -0.1) is 0 Å². The van der Waals surface area contributed by atoms with Crippen molar-refractivity contribution in [2.24, 2.45) is 0 Å². The monoisotopic (exact) mass is 786 g/mol. The van der Waals surface area contributed by atoms with Crippen LogP contribution in [0.3, 0.4) is 0 Å². The Morgan fingerprint density at radius 1 is 0.804 bits per heavy atom. The number of rotatable bonds is 8. The average molecular weight is 787 g/mol. The molecule has 0 atom stereocenters. The molecule has 0 aromatic heterocycles. The number of imide groups is 2. The quantitative estimate of drug-likeness (QED) is 0.0892. The second-order valence-electron chi connectivity index (χ2n) is 10.6. The van der Waals surface area contributed by atoms with E-state index in [1.807, 2.05) is 80.6 Å². The highest BCUT2D eigenvalue weighted by molar-refractivity contribution is 14.1. The van der Waals surface area contributed by atoms with Crippen LogP contribution in [0.1, 0.15) is 23.6 Å². The molecule has 7 nitrogen and oxygen atoms in total. The Kier molecular flexibility index (Phi) is 9.23. The highest BCUT2D eigenvalue weighted by Crippen LogP contribution is 2.38. The van der Waals surface area contributed by atoms with Gasteiger partial charge in [0.05, 0.1) is 21.6 Å². The van der Waals surface area contributed by atoms with Crippen molar-refractivity contribution < 1.29 is 23.9 Å². The first-order chi connectivity index (χ1) is 22.2. The number of anilines is 2. The SMILES string of the molecule is CCOc1cc(/C=C2\C(=O)N(c3cccc(C)c3)C(=O)N(c3cccc4ccccc34)C2=O)cc(I)c1OCc1ccc(Br)cc1. The lowest BCUT2D eigenvalue weighted by Crippen LogP contribution is -2.57. The Bertz CT molecular complexity index is 2020. The number of ether oxygens (including phenoxy) is 2. The van der Waals surface area contributed by atoms with Crippen molar-refractivity contribution in [3.8, 4) is 11.5 Å². The number of urea groups is 1. The van der Waals surface area contributed by atoms with E-state index in [4.69, 9.17) is 9.47 Å². The number of fused-ring (bicyclic) bond motifs is 1. The van der Waals surface area contributed by atoms with Crippen LogP contribution in [-0.2, 0) is 16.2 Å². The van der Waals surface area contributed by atoms with Crippen LogP contribution in [0, 0.1) is 10.5 Å². The van der Waals surface area contributed by atoms with Crippen LogP contribution in [0.2, 0.25) is 0 Å². The lowest BCUT2D eigenvalue weighted by atomic mass is 10.0. The highest BCUT2D eigenvalue weighted by atomic mass is 127. The van der Waals surface area contributed by atoms with E-state index in [0.29, 0.717) is 47.0 Å². The van der Waals surface area contributed by atoms with Crippen molar-refractivity contribution in [2.45, 2.75) is 20.5 Å². The van der Waals surface area contributed by atoms with Crippen LogP contribution in [0.5, 0.6) is 11.5 Å².